The lowest BCUT2D eigenvalue weighted by Crippen LogP contribution is -2.37. The summed E-state index contributed by atoms with van der Waals surface area (Å²) >= 11 is 0. The van der Waals surface area contributed by atoms with Crippen LogP contribution in [0, 0.1) is 0 Å². The number of hydrogen-bond donors (Lipinski definition) is 2. The SMILES string of the molecule is CC(CCc1ccccc1)N(CC(=O)c1ccc(O)c(C(N)=O)c1)Cc1ccccc1. The van der Waals surface area contributed by atoms with Gasteiger partial charge in [-0.2, -0.15) is 0 Å². The molecule has 1 unspecified atom stereocenters. The highest BCUT2D eigenvalue weighted by molar-refractivity contribution is 6.02. The van der Waals surface area contributed by atoms with Gasteiger partial charge in [-0.25, -0.2) is 0 Å². The fraction of sp³-hybridized carbons (Fsp3) is 0.231. The molecule has 160 valence electrons. The molecule has 5 nitrogen and oxygen atoms in total. The molecule has 0 aliphatic carbocycles. The summed E-state index contributed by atoms with van der Waals surface area (Å²) in [4.78, 5) is 26.7. The Morgan fingerprint density at radius 3 is 2.16 bits per heavy atom. The van der Waals surface area contributed by atoms with Crippen LogP contribution in [0.2, 0.25) is 0 Å². The number of Topliss-reactive ketones (excluding diaryl/α,β-unsaturated/α-hetero) is 1. The monoisotopic (exact) mass is 416 g/mol. The lowest BCUT2D eigenvalue weighted by molar-refractivity contribution is 0.0884. The summed E-state index contributed by atoms with van der Waals surface area (Å²) in [6.07, 6.45) is 1.83. The van der Waals surface area contributed by atoms with Gasteiger partial charge in [-0.3, -0.25) is 14.5 Å². The number of aromatic hydroxyl groups is 1. The van der Waals surface area contributed by atoms with Crippen molar-refractivity contribution in [3.8, 4) is 5.75 Å². The van der Waals surface area contributed by atoms with E-state index >= 15 is 0 Å². The number of ketones is 1. The summed E-state index contributed by atoms with van der Waals surface area (Å²) in [6.45, 7) is 2.97. The Bertz CT molecular complexity index is 1020. The highest BCUT2D eigenvalue weighted by atomic mass is 16.3. The molecular weight excluding hydrogens is 388 g/mol. The quantitative estimate of drug-likeness (QED) is 0.485. The average molecular weight is 417 g/mol. The molecule has 3 aromatic carbocycles. The largest absolute Gasteiger partial charge is 0.507 e. The van der Waals surface area contributed by atoms with Gasteiger partial charge >= 0.3 is 0 Å². The fourth-order valence-electron chi connectivity index (χ4n) is 3.57. The Balaban J connectivity index is 1.76. The summed E-state index contributed by atoms with van der Waals surface area (Å²) in [5.74, 6) is -1.10. The van der Waals surface area contributed by atoms with Crippen LogP contribution in [-0.2, 0) is 13.0 Å². The molecule has 0 bridgehead atoms. The van der Waals surface area contributed by atoms with Gasteiger partial charge in [0, 0.05) is 18.2 Å². The highest BCUT2D eigenvalue weighted by Crippen LogP contribution is 2.20. The number of hydrogen-bond acceptors (Lipinski definition) is 4. The van der Waals surface area contributed by atoms with Crippen molar-refractivity contribution in [2.75, 3.05) is 6.54 Å². The maximum Gasteiger partial charge on any atom is 0.252 e. The third-order valence-corrected chi connectivity index (χ3v) is 5.48. The van der Waals surface area contributed by atoms with Crippen molar-refractivity contribution in [1.82, 2.24) is 4.90 Å². The molecule has 0 fully saturated rings. The number of nitrogens with zero attached hydrogens (tertiary/aromatic N) is 1. The predicted molar refractivity (Wildman–Crippen MR) is 122 cm³/mol. The number of phenols is 1. The Morgan fingerprint density at radius 1 is 0.935 bits per heavy atom. The molecule has 0 spiro atoms. The number of rotatable bonds is 10. The van der Waals surface area contributed by atoms with Crippen LogP contribution in [-0.4, -0.2) is 34.3 Å². The molecule has 1 atom stereocenters. The van der Waals surface area contributed by atoms with E-state index in [1.54, 1.807) is 0 Å². The predicted octanol–water partition coefficient (Wildman–Crippen LogP) is 4.20. The van der Waals surface area contributed by atoms with Gasteiger partial charge < -0.3 is 10.8 Å². The molecule has 0 radical (unpaired) electrons. The van der Waals surface area contributed by atoms with Crippen LogP contribution in [0.4, 0.5) is 0 Å². The molecule has 0 saturated heterocycles. The summed E-state index contributed by atoms with van der Waals surface area (Å²) in [6, 6.07) is 24.7. The number of primary amides is 1. The van der Waals surface area contributed by atoms with Gasteiger partial charge in [0.1, 0.15) is 5.75 Å². The van der Waals surface area contributed by atoms with E-state index in [1.807, 2.05) is 48.5 Å². The van der Waals surface area contributed by atoms with Crippen LogP contribution < -0.4 is 5.73 Å². The molecule has 0 aliphatic rings. The fourth-order valence-corrected chi connectivity index (χ4v) is 3.57. The van der Waals surface area contributed by atoms with Crippen molar-refractivity contribution < 1.29 is 14.7 Å². The van der Waals surface area contributed by atoms with Crippen molar-refractivity contribution in [3.63, 3.8) is 0 Å². The Hall–Kier alpha value is -3.44. The molecule has 31 heavy (non-hydrogen) atoms. The van der Waals surface area contributed by atoms with Crippen molar-refractivity contribution in [3.05, 3.63) is 101 Å². The molecular formula is C26H28N2O3. The molecule has 0 aliphatic heterocycles. The normalized spacial score (nSPS) is 11.9. The van der Waals surface area contributed by atoms with Crippen molar-refractivity contribution in [2.24, 2.45) is 5.73 Å². The van der Waals surface area contributed by atoms with E-state index in [4.69, 9.17) is 5.73 Å². The number of carbonyl (C=O) groups excluding carboxylic acids is 2. The third kappa shape index (κ3) is 6.27. The maximum absolute atomic E-state index is 13.0. The van der Waals surface area contributed by atoms with E-state index in [9.17, 15) is 14.7 Å². The first kappa shape index (κ1) is 22.2. The lowest BCUT2D eigenvalue weighted by atomic mass is 10.0. The second-order valence-electron chi connectivity index (χ2n) is 7.78. The lowest BCUT2D eigenvalue weighted by Gasteiger charge is -2.29. The molecule has 5 heteroatoms. The average Bonchev–Trinajstić information content (AvgIpc) is 2.78. The number of amides is 1. The Kier molecular flexibility index (Phi) is 7.57. The number of nitrogens with two attached hydrogens (primary N) is 1. The molecule has 1 amide bonds. The van der Waals surface area contributed by atoms with Gasteiger partial charge in [0.2, 0.25) is 0 Å². The van der Waals surface area contributed by atoms with Crippen LogP contribution >= 0.6 is 0 Å². The van der Waals surface area contributed by atoms with Gasteiger partial charge in [0.15, 0.2) is 5.78 Å². The van der Waals surface area contributed by atoms with Crippen molar-refractivity contribution in [1.29, 1.82) is 0 Å². The zero-order valence-corrected chi connectivity index (χ0v) is 17.7. The second-order valence-corrected chi connectivity index (χ2v) is 7.78. The molecule has 3 aromatic rings. The van der Waals surface area contributed by atoms with Crippen molar-refractivity contribution >= 4 is 11.7 Å². The Morgan fingerprint density at radius 2 is 1.55 bits per heavy atom. The van der Waals surface area contributed by atoms with Crippen LogP contribution in [0.1, 0.15) is 45.2 Å². The van der Waals surface area contributed by atoms with Gasteiger partial charge in [-0.1, -0.05) is 60.7 Å². The number of carbonyl (C=O) groups is 2. The summed E-state index contributed by atoms with van der Waals surface area (Å²) in [5, 5.41) is 9.81. The summed E-state index contributed by atoms with van der Waals surface area (Å²) in [5.41, 5.74) is 8.03. The van der Waals surface area contributed by atoms with Crippen molar-refractivity contribution in [2.45, 2.75) is 32.4 Å². The van der Waals surface area contributed by atoms with E-state index in [-0.39, 0.29) is 29.7 Å². The summed E-state index contributed by atoms with van der Waals surface area (Å²) in [7, 11) is 0. The van der Waals surface area contributed by atoms with E-state index in [2.05, 4.69) is 24.0 Å². The van der Waals surface area contributed by atoms with Crippen LogP contribution in [0.5, 0.6) is 5.75 Å². The Labute approximate surface area is 183 Å². The zero-order valence-electron chi connectivity index (χ0n) is 17.7. The topological polar surface area (TPSA) is 83.6 Å². The van der Waals surface area contributed by atoms with Gasteiger partial charge in [-0.15, -0.1) is 0 Å². The van der Waals surface area contributed by atoms with Gasteiger partial charge in [-0.05, 0) is 49.1 Å². The zero-order chi connectivity index (χ0) is 22.2. The summed E-state index contributed by atoms with van der Waals surface area (Å²) < 4.78 is 0. The first-order chi connectivity index (χ1) is 14.9. The second kappa shape index (κ2) is 10.5. The van der Waals surface area contributed by atoms with Crippen LogP contribution in [0.3, 0.4) is 0 Å². The van der Waals surface area contributed by atoms with E-state index in [0.717, 1.165) is 18.4 Å². The van der Waals surface area contributed by atoms with E-state index in [1.165, 1.54) is 23.8 Å². The standard InChI is InChI=1S/C26H28N2O3/c1-19(12-13-20-8-4-2-5-9-20)28(17-21-10-6-3-7-11-21)18-25(30)22-14-15-24(29)23(16-22)26(27)31/h2-11,14-16,19,29H,12-13,17-18H2,1H3,(H2,27,31). The first-order valence-electron chi connectivity index (χ1n) is 10.4. The van der Waals surface area contributed by atoms with E-state index < -0.39 is 5.91 Å². The van der Waals surface area contributed by atoms with Crippen LogP contribution in [0.25, 0.3) is 0 Å². The number of aryl methyl sites for hydroxylation is 1. The minimum Gasteiger partial charge on any atom is -0.507 e. The smallest absolute Gasteiger partial charge is 0.252 e. The van der Waals surface area contributed by atoms with Gasteiger partial charge in [0.25, 0.3) is 5.91 Å². The van der Waals surface area contributed by atoms with Gasteiger partial charge in [0.05, 0.1) is 12.1 Å². The highest BCUT2D eigenvalue weighted by Gasteiger charge is 2.20. The molecule has 3 rings (SSSR count). The minimum absolute atomic E-state index is 0.0439. The third-order valence-electron chi connectivity index (χ3n) is 5.48. The maximum atomic E-state index is 13.0. The van der Waals surface area contributed by atoms with Crippen LogP contribution in [0.15, 0.2) is 78.9 Å². The number of benzene rings is 3. The molecule has 0 saturated carbocycles. The first-order valence-corrected chi connectivity index (χ1v) is 10.4. The van der Waals surface area contributed by atoms with E-state index in [0.29, 0.717) is 12.1 Å². The minimum atomic E-state index is -0.760. The molecule has 0 aromatic heterocycles. The molecule has 0 heterocycles. The molecule has 3 N–H and O–H groups in total.